The molecule has 2 amide bonds. The van der Waals surface area contributed by atoms with Crippen LogP contribution < -0.4 is 5.32 Å². The van der Waals surface area contributed by atoms with Crippen molar-refractivity contribution in [2.75, 3.05) is 11.9 Å². The summed E-state index contributed by atoms with van der Waals surface area (Å²) < 4.78 is 1.06. The molecule has 2 aromatic carbocycles. The normalized spacial score (nSPS) is 17.5. The number of nitrogens with zero attached hydrogens (tertiary/aromatic N) is 1. The van der Waals surface area contributed by atoms with Crippen LogP contribution in [0.4, 0.5) is 10.5 Å². The summed E-state index contributed by atoms with van der Waals surface area (Å²) in [5.74, 6) is 0. The summed E-state index contributed by atoms with van der Waals surface area (Å²) in [7, 11) is 0. The molecule has 1 fully saturated rings. The van der Waals surface area contributed by atoms with Crippen LogP contribution in [0.5, 0.6) is 0 Å². The fraction of sp³-hybridized carbons (Fsp3) is 0.278. The van der Waals surface area contributed by atoms with Gasteiger partial charge in [-0.2, -0.15) is 0 Å². The van der Waals surface area contributed by atoms with E-state index >= 15 is 0 Å². The number of amides is 2. The largest absolute Gasteiger partial charge is 0.322 e. The van der Waals surface area contributed by atoms with Crippen LogP contribution in [0.15, 0.2) is 53.0 Å². The smallest absolute Gasteiger partial charge is 0.317 e. The van der Waals surface area contributed by atoms with E-state index in [2.05, 4.69) is 33.4 Å². The molecule has 0 bridgehead atoms. The Morgan fingerprint density at radius 3 is 2.64 bits per heavy atom. The van der Waals surface area contributed by atoms with Crippen LogP contribution in [0.2, 0.25) is 0 Å². The highest BCUT2D eigenvalue weighted by Gasteiger charge is 2.30. The van der Waals surface area contributed by atoms with Crippen molar-refractivity contribution in [3.8, 4) is 0 Å². The van der Waals surface area contributed by atoms with Crippen molar-refractivity contribution in [2.45, 2.75) is 25.8 Å². The molecule has 3 nitrogen and oxygen atoms in total. The quantitative estimate of drug-likeness (QED) is 0.792. The molecule has 1 N–H and O–H groups in total. The van der Waals surface area contributed by atoms with E-state index in [-0.39, 0.29) is 12.1 Å². The van der Waals surface area contributed by atoms with E-state index < -0.39 is 0 Å². The van der Waals surface area contributed by atoms with Gasteiger partial charge in [-0.25, -0.2) is 4.79 Å². The van der Waals surface area contributed by atoms with Crippen LogP contribution in [0, 0.1) is 6.92 Å². The highest BCUT2D eigenvalue weighted by atomic mass is 79.9. The lowest BCUT2D eigenvalue weighted by Crippen LogP contribution is -2.34. The van der Waals surface area contributed by atoms with Gasteiger partial charge >= 0.3 is 6.03 Å². The Morgan fingerprint density at radius 1 is 1.18 bits per heavy atom. The summed E-state index contributed by atoms with van der Waals surface area (Å²) in [5, 5.41) is 3.04. The van der Waals surface area contributed by atoms with Crippen molar-refractivity contribution in [3.05, 3.63) is 64.1 Å². The lowest BCUT2D eigenvalue weighted by atomic mass is 10.1. The minimum absolute atomic E-state index is 0.0141. The van der Waals surface area contributed by atoms with Crippen LogP contribution in [-0.2, 0) is 0 Å². The molecule has 1 atom stereocenters. The average molecular weight is 359 g/mol. The Labute approximate surface area is 139 Å². The number of halogens is 1. The van der Waals surface area contributed by atoms with Gasteiger partial charge in [-0.15, -0.1) is 0 Å². The van der Waals surface area contributed by atoms with E-state index in [1.54, 1.807) is 0 Å². The first-order chi connectivity index (χ1) is 10.6. The molecule has 0 spiro atoms. The third-order valence-electron chi connectivity index (χ3n) is 4.16. The number of likely N-dealkylation sites (tertiary alicyclic amines) is 1. The third kappa shape index (κ3) is 3.17. The standard InChI is InChI=1S/C18H19BrN2O/c1-13-5-2-3-6-16(13)20-18(22)21-12-4-7-17(21)14-8-10-15(19)11-9-14/h2-3,5-6,8-11,17H,4,7,12H2,1H3,(H,20,22). The van der Waals surface area contributed by atoms with Crippen molar-refractivity contribution in [1.29, 1.82) is 0 Å². The number of nitrogens with one attached hydrogen (secondary N) is 1. The first-order valence-electron chi connectivity index (χ1n) is 7.54. The number of aryl methyl sites for hydroxylation is 1. The van der Waals surface area contributed by atoms with Gasteiger partial charge < -0.3 is 10.2 Å². The van der Waals surface area contributed by atoms with Crippen LogP contribution in [0.3, 0.4) is 0 Å². The molecule has 1 unspecified atom stereocenters. The zero-order valence-electron chi connectivity index (χ0n) is 12.6. The maximum Gasteiger partial charge on any atom is 0.322 e. The summed E-state index contributed by atoms with van der Waals surface area (Å²) >= 11 is 3.46. The summed E-state index contributed by atoms with van der Waals surface area (Å²) in [6.45, 7) is 2.81. The Hall–Kier alpha value is -1.81. The average Bonchev–Trinajstić information content (AvgIpc) is 3.00. The van der Waals surface area contributed by atoms with Gasteiger partial charge in [-0.05, 0) is 49.1 Å². The summed E-state index contributed by atoms with van der Waals surface area (Å²) in [4.78, 5) is 14.6. The number of para-hydroxylation sites is 1. The number of rotatable bonds is 2. The molecule has 114 valence electrons. The molecule has 4 heteroatoms. The van der Waals surface area contributed by atoms with Gasteiger partial charge in [0.1, 0.15) is 0 Å². The van der Waals surface area contributed by atoms with E-state index in [0.717, 1.165) is 35.1 Å². The molecular weight excluding hydrogens is 340 g/mol. The van der Waals surface area contributed by atoms with Crippen LogP contribution in [-0.4, -0.2) is 17.5 Å². The van der Waals surface area contributed by atoms with Gasteiger partial charge in [-0.3, -0.25) is 0 Å². The predicted molar refractivity (Wildman–Crippen MR) is 93.0 cm³/mol. The number of carbonyl (C=O) groups is 1. The van der Waals surface area contributed by atoms with E-state index in [1.807, 2.05) is 48.2 Å². The van der Waals surface area contributed by atoms with Crippen molar-refractivity contribution in [1.82, 2.24) is 4.90 Å². The number of benzene rings is 2. The Kier molecular flexibility index (Phi) is 4.48. The van der Waals surface area contributed by atoms with E-state index in [4.69, 9.17) is 0 Å². The van der Waals surface area contributed by atoms with Gasteiger partial charge in [0.15, 0.2) is 0 Å². The van der Waals surface area contributed by atoms with E-state index in [1.165, 1.54) is 5.56 Å². The SMILES string of the molecule is Cc1ccccc1NC(=O)N1CCCC1c1ccc(Br)cc1. The van der Waals surface area contributed by atoms with Gasteiger partial charge in [0.2, 0.25) is 0 Å². The van der Waals surface area contributed by atoms with Crippen molar-refractivity contribution >= 4 is 27.6 Å². The molecule has 1 aliphatic heterocycles. The number of anilines is 1. The van der Waals surface area contributed by atoms with Gasteiger partial charge in [0.25, 0.3) is 0 Å². The highest BCUT2D eigenvalue weighted by Crippen LogP contribution is 2.33. The van der Waals surface area contributed by atoms with Crippen molar-refractivity contribution in [3.63, 3.8) is 0 Å². The summed E-state index contributed by atoms with van der Waals surface area (Å²) in [5.41, 5.74) is 3.16. The highest BCUT2D eigenvalue weighted by molar-refractivity contribution is 9.10. The molecule has 0 radical (unpaired) electrons. The van der Waals surface area contributed by atoms with E-state index in [9.17, 15) is 4.79 Å². The van der Waals surface area contributed by atoms with Gasteiger partial charge in [0, 0.05) is 16.7 Å². The molecule has 0 aromatic heterocycles. The number of carbonyl (C=O) groups excluding carboxylic acids is 1. The topological polar surface area (TPSA) is 32.3 Å². The zero-order chi connectivity index (χ0) is 15.5. The fourth-order valence-corrected chi connectivity index (χ4v) is 3.21. The van der Waals surface area contributed by atoms with Crippen molar-refractivity contribution in [2.24, 2.45) is 0 Å². The van der Waals surface area contributed by atoms with Gasteiger partial charge in [0.05, 0.1) is 6.04 Å². The fourth-order valence-electron chi connectivity index (χ4n) is 2.94. The lowest BCUT2D eigenvalue weighted by molar-refractivity contribution is 0.207. The van der Waals surface area contributed by atoms with Gasteiger partial charge in [-0.1, -0.05) is 46.3 Å². The second-order valence-corrected chi connectivity index (χ2v) is 6.56. The van der Waals surface area contributed by atoms with Crippen LogP contribution >= 0.6 is 15.9 Å². The lowest BCUT2D eigenvalue weighted by Gasteiger charge is -2.25. The summed E-state index contributed by atoms with van der Waals surface area (Å²) in [6, 6.07) is 16.3. The second kappa shape index (κ2) is 6.53. The number of hydrogen-bond donors (Lipinski definition) is 1. The Bertz CT molecular complexity index is 669. The first-order valence-corrected chi connectivity index (χ1v) is 8.33. The number of urea groups is 1. The molecular formula is C18H19BrN2O. The zero-order valence-corrected chi connectivity index (χ0v) is 14.1. The molecule has 22 heavy (non-hydrogen) atoms. The Balaban J connectivity index is 1.76. The molecule has 0 saturated carbocycles. The molecule has 2 aromatic rings. The minimum Gasteiger partial charge on any atom is -0.317 e. The molecule has 1 aliphatic rings. The number of hydrogen-bond acceptors (Lipinski definition) is 1. The molecule has 0 aliphatic carbocycles. The molecule has 1 heterocycles. The van der Waals surface area contributed by atoms with E-state index in [0.29, 0.717) is 0 Å². The van der Waals surface area contributed by atoms with Crippen LogP contribution in [0.1, 0.15) is 30.0 Å². The minimum atomic E-state index is -0.0141. The third-order valence-corrected chi connectivity index (χ3v) is 4.68. The summed E-state index contributed by atoms with van der Waals surface area (Å²) in [6.07, 6.45) is 2.06. The van der Waals surface area contributed by atoms with Crippen molar-refractivity contribution < 1.29 is 4.79 Å². The first kappa shape index (κ1) is 15.1. The monoisotopic (exact) mass is 358 g/mol. The molecule has 1 saturated heterocycles. The van der Waals surface area contributed by atoms with Crippen LogP contribution in [0.25, 0.3) is 0 Å². The predicted octanol–water partition coefficient (Wildman–Crippen LogP) is 5.13. The maximum absolute atomic E-state index is 12.6. The maximum atomic E-state index is 12.6. The second-order valence-electron chi connectivity index (χ2n) is 5.65. The Morgan fingerprint density at radius 2 is 1.91 bits per heavy atom. The molecule has 3 rings (SSSR count).